The van der Waals surface area contributed by atoms with E-state index in [1.165, 1.54) is 0 Å². The Balaban J connectivity index is 1.78. The highest BCUT2D eigenvalue weighted by atomic mass is 32.2. The smallest absolute Gasteiger partial charge is 0.276 e. The van der Waals surface area contributed by atoms with Gasteiger partial charge in [0.25, 0.3) is 5.92 Å². The van der Waals surface area contributed by atoms with Crippen LogP contribution in [0.2, 0.25) is 0 Å². The van der Waals surface area contributed by atoms with Gasteiger partial charge in [0.05, 0.1) is 18.1 Å². The first-order valence-electron chi connectivity index (χ1n) is 7.02. The number of aromatic nitrogens is 1. The van der Waals surface area contributed by atoms with Crippen molar-refractivity contribution in [3.8, 4) is 0 Å². The molecule has 1 heterocycles. The van der Waals surface area contributed by atoms with E-state index in [1.807, 2.05) is 0 Å². The molecule has 0 bridgehead atoms. The Bertz CT molecular complexity index is 610. The lowest BCUT2D eigenvalue weighted by atomic mass is 10.1. The number of ether oxygens (including phenoxy) is 1. The Morgan fingerprint density at radius 3 is 2.64 bits per heavy atom. The van der Waals surface area contributed by atoms with Gasteiger partial charge in [-0.2, -0.15) is 0 Å². The van der Waals surface area contributed by atoms with Gasteiger partial charge in [-0.15, -0.1) is 0 Å². The molecule has 1 aliphatic rings. The van der Waals surface area contributed by atoms with Gasteiger partial charge in [0.1, 0.15) is 11.9 Å². The number of rotatable bonds is 8. The second kappa shape index (κ2) is 6.21. The first-order chi connectivity index (χ1) is 10.1. The first-order valence-corrected chi connectivity index (χ1v) is 8.67. The van der Waals surface area contributed by atoms with Crippen LogP contribution < -0.4 is 4.72 Å². The Morgan fingerprint density at radius 2 is 2.14 bits per heavy atom. The predicted molar refractivity (Wildman–Crippen MR) is 75.4 cm³/mol. The van der Waals surface area contributed by atoms with Crippen molar-refractivity contribution in [3.05, 3.63) is 17.0 Å². The molecule has 2 rings (SSSR count). The molecule has 2 atom stereocenters. The van der Waals surface area contributed by atoms with E-state index in [1.54, 1.807) is 20.8 Å². The van der Waals surface area contributed by atoms with E-state index in [0.717, 1.165) is 11.3 Å². The molecule has 1 aliphatic carbocycles. The summed E-state index contributed by atoms with van der Waals surface area (Å²) in [5.74, 6) is -2.48. The van der Waals surface area contributed by atoms with Crippen LogP contribution in [0.25, 0.3) is 0 Å². The van der Waals surface area contributed by atoms with Crippen molar-refractivity contribution in [2.24, 2.45) is 0 Å². The highest BCUT2D eigenvalue weighted by molar-refractivity contribution is 7.89. The van der Waals surface area contributed by atoms with Crippen LogP contribution in [-0.2, 0) is 21.2 Å². The third-order valence-electron chi connectivity index (χ3n) is 3.51. The van der Waals surface area contributed by atoms with E-state index >= 15 is 0 Å². The van der Waals surface area contributed by atoms with Gasteiger partial charge in [-0.3, -0.25) is 0 Å². The van der Waals surface area contributed by atoms with Crippen molar-refractivity contribution in [1.82, 2.24) is 9.88 Å². The highest BCUT2D eigenvalue weighted by Crippen LogP contribution is 2.44. The monoisotopic (exact) mass is 338 g/mol. The molecule has 2 unspecified atom stereocenters. The van der Waals surface area contributed by atoms with Crippen LogP contribution in [0, 0.1) is 13.8 Å². The third-order valence-corrected chi connectivity index (χ3v) is 4.98. The summed E-state index contributed by atoms with van der Waals surface area (Å²) in [4.78, 5) is 0. The summed E-state index contributed by atoms with van der Waals surface area (Å²) in [5, 5.41) is 3.81. The number of hydrogen-bond acceptors (Lipinski definition) is 5. The van der Waals surface area contributed by atoms with Crippen LogP contribution in [-0.4, -0.2) is 44.0 Å². The minimum Gasteiger partial charge on any atom is -0.371 e. The van der Waals surface area contributed by atoms with Gasteiger partial charge in [0.15, 0.2) is 0 Å². The van der Waals surface area contributed by atoms with Crippen LogP contribution >= 0.6 is 0 Å². The molecule has 0 amide bonds. The number of nitrogens with one attached hydrogen (secondary N) is 1. The summed E-state index contributed by atoms with van der Waals surface area (Å²) in [6.45, 7) is 5.03. The summed E-state index contributed by atoms with van der Waals surface area (Å²) in [7, 11) is -3.59. The van der Waals surface area contributed by atoms with Gasteiger partial charge < -0.3 is 9.26 Å². The van der Waals surface area contributed by atoms with E-state index in [4.69, 9.17) is 9.26 Å². The minimum atomic E-state index is -3.59. The van der Waals surface area contributed by atoms with Crippen LogP contribution in [0.15, 0.2) is 4.52 Å². The fraction of sp³-hybridized carbons (Fsp3) is 0.769. The van der Waals surface area contributed by atoms with Gasteiger partial charge in [-0.25, -0.2) is 21.9 Å². The Labute approximate surface area is 128 Å². The van der Waals surface area contributed by atoms with E-state index < -0.39 is 22.0 Å². The van der Waals surface area contributed by atoms with Gasteiger partial charge in [-0.05, 0) is 27.2 Å². The fourth-order valence-corrected chi connectivity index (χ4v) is 3.31. The number of halogens is 2. The lowest BCUT2D eigenvalue weighted by molar-refractivity contribution is 0.0185. The first kappa shape index (κ1) is 17.3. The summed E-state index contributed by atoms with van der Waals surface area (Å²) in [6.07, 6.45) is -1.02. The second-order valence-corrected chi connectivity index (χ2v) is 7.54. The molecular formula is C13H20F2N2O4S. The average molecular weight is 338 g/mol. The zero-order chi connectivity index (χ0) is 16.5. The molecule has 126 valence electrons. The number of hydrogen-bond donors (Lipinski definition) is 1. The number of nitrogens with zero attached hydrogens (tertiary/aromatic N) is 1. The normalized spacial score (nSPS) is 21.8. The van der Waals surface area contributed by atoms with Gasteiger partial charge in [-0.1, -0.05) is 5.16 Å². The maximum absolute atomic E-state index is 12.6. The summed E-state index contributed by atoms with van der Waals surface area (Å²) in [6, 6.07) is -0.357. The molecule has 0 radical (unpaired) electrons. The fourth-order valence-electron chi connectivity index (χ4n) is 2.18. The number of sulfonamides is 1. The van der Waals surface area contributed by atoms with E-state index in [2.05, 4.69) is 9.88 Å². The molecule has 0 spiro atoms. The summed E-state index contributed by atoms with van der Waals surface area (Å²) >= 11 is 0. The zero-order valence-electron chi connectivity index (χ0n) is 12.7. The molecule has 1 N–H and O–H groups in total. The highest BCUT2D eigenvalue weighted by Gasteiger charge is 2.58. The van der Waals surface area contributed by atoms with Gasteiger partial charge >= 0.3 is 0 Å². The molecule has 6 nitrogen and oxygen atoms in total. The topological polar surface area (TPSA) is 81.4 Å². The van der Waals surface area contributed by atoms with Crippen LogP contribution in [0.3, 0.4) is 0 Å². The molecule has 0 aromatic carbocycles. The average Bonchev–Trinajstić information content (AvgIpc) is 2.87. The number of alkyl halides is 2. The zero-order valence-corrected chi connectivity index (χ0v) is 13.5. The molecule has 22 heavy (non-hydrogen) atoms. The van der Waals surface area contributed by atoms with Gasteiger partial charge in [0, 0.05) is 18.0 Å². The Kier molecular flexibility index (Phi) is 4.88. The van der Waals surface area contributed by atoms with E-state index in [-0.39, 0.29) is 24.8 Å². The summed E-state index contributed by atoms with van der Waals surface area (Å²) in [5.41, 5.74) is 1.59. The van der Waals surface area contributed by atoms with Crippen molar-refractivity contribution in [2.75, 3.05) is 12.4 Å². The predicted octanol–water partition coefficient (Wildman–Crippen LogP) is 1.57. The molecular weight excluding hydrogens is 318 g/mol. The second-order valence-electron chi connectivity index (χ2n) is 5.67. The van der Waals surface area contributed by atoms with Crippen molar-refractivity contribution in [3.63, 3.8) is 0 Å². The minimum absolute atomic E-state index is 0.242. The van der Waals surface area contributed by atoms with Crippen LogP contribution in [0.5, 0.6) is 0 Å². The molecule has 1 aromatic heterocycles. The molecule has 0 saturated heterocycles. The Hall–Kier alpha value is -1.06. The van der Waals surface area contributed by atoms with Crippen LogP contribution in [0.4, 0.5) is 8.78 Å². The van der Waals surface area contributed by atoms with Crippen molar-refractivity contribution >= 4 is 10.0 Å². The van der Waals surface area contributed by atoms with E-state index in [0.29, 0.717) is 12.2 Å². The molecule has 1 saturated carbocycles. The SMILES string of the molecule is Cc1noc(C)c1CC(C)NS(=O)(=O)CCOC1CC1(F)F. The van der Waals surface area contributed by atoms with Gasteiger partial charge in [0.2, 0.25) is 10.0 Å². The van der Waals surface area contributed by atoms with Crippen molar-refractivity contribution in [1.29, 1.82) is 0 Å². The standard InChI is InChI=1S/C13H20F2N2O4S/c1-8(6-11-9(2)16-21-10(11)3)17-22(18,19)5-4-20-12-7-13(12,14)15/h8,12,17H,4-7H2,1-3H3. The molecule has 0 aliphatic heterocycles. The molecule has 1 aromatic rings. The van der Waals surface area contributed by atoms with E-state index in [9.17, 15) is 17.2 Å². The maximum Gasteiger partial charge on any atom is 0.276 e. The summed E-state index contributed by atoms with van der Waals surface area (Å²) < 4.78 is 61.3. The molecule has 1 fully saturated rings. The van der Waals surface area contributed by atoms with Crippen molar-refractivity contribution < 1.29 is 26.5 Å². The number of aryl methyl sites for hydroxylation is 2. The third kappa shape index (κ3) is 4.47. The van der Waals surface area contributed by atoms with Crippen molar-refractivity contribution in [2.45, 2.75) is 51.7 Å². The maximum atomic E-state index is 12.6. The Morgan fingerprint density at radius 1 is 1.50 bits per heavy atom. The lowest BCUT2D eigenvalue weighted by Crippen LogP contribution is -2.37. The lowest BCUT2D eigenvalue weighted by Gasteiger charge is -2.14. The quantitative estimate of drug-likeness (QED) is 0.778. The largest absolute Gasteiger partial charge is 0.371 e. The van der Waals surface area contributed by atoms with Crippen LogP contribution in [0.1, 0.15) is 30.4 Å². The molecule has 9 heteroatoms.